The molecule has 0 radical (unpaired) electrons. The number of halogens is 1. The van der Waals surface area contributed by atoms with Gasteiger partial charge in [0.15, 0.2) is 5.96 Å². The normalized spacial score (nSPS) is 11.0. The molecule has 0 amide bonds. The van der Waals surface area contributed by atoms with Crippen LogP contribution in [0.15, 0.2) is 47.5 Å². The average Bonchev–Trinajstić information content (AvgIpc) is 2.63. The topological polar surface area (TPSA) is 54.9 Å². The van der Waals surface area contributed by atoms with E-state index >= 15 is 0 Å². The Morgan fingerprint density at radius 3 is 2.48 bits per heavy atom. The minimum Gasteiger partial charge on any atom is -0.497 e. The monoisotopic (exact) mass is 483 g/mol. The van der Waals surface area contributed by atoms with Gasteiger partial charge in [-0.05, 0) is 50.1 Å². The van der Waals surface area contributed by atoms with Crippen LogP contribution in [-0.2, 0) is 13.1 Å². The first-order valence-corrected chi connectivity index (χ1v) is 8.85. The lowest BCUT2D eigenvalue weighted by Gasteiger charge is -2.17. The van der Waals surface area contributed by atoms with E-state index in [0.717, 1.165) is 28.6 Å². The molecule has 27 heavy (non-hydrogen) atoms. The number of aryl methyl sites for hydroxylation is 1. The van der Waals surface area contributed by atoms with Crippen LogP contribution in [0.3, 0.4) is 0 Å². The number of benzene rings is 2. The standard InChI is InChI=1S/C21H29N3O2.HI/c1-15(2)26-20-11-16(3)9-10-18(20)14-24-21(22-4)23-13-17-7-6-8-19(12-17)25-5;/h6-12,15H,13-14H2,1-5H3,(H2,22,23,24);1H. The smallest absolute Gasteiger partial charge is 0.191 e. The lowest BCUT2D eigenvalue weighted by molar-refractivity contribution is 0.239. The SMILES string of the molecule is CN=C(NCc1cccc(OC)c1)NCc1ccc(C)cc1OC(C)C.I. The number of hydrogen-bond donors (Lipinski definition) is 2. The van der Waals surface area contributed by atoms with Gasteiger partial charge in [0, 0.05) is 25.7 Å². The Hall–Kier alpha value is -1.96. The third-order valence-corrected chi connectivity index (χ3v) is 3.85. The lowest BCUT2D eigenvalue weighted by atomic mass is 10.1. The Morgan fingerprint density at radius 2 is 1.81 bits per heavy atom. The number of hydrogen-bond acceptors (Lipinski definition) is 3. The molecule has 0 spiro atoms. The Morgan fingerprint density at radius 1 is 1.07 bits per heavy atom. The van der Waals surface area contributed by atoms with Crippen LogP contribution in [0.1, 0.15) is 30.5 Å². The molecule has 2 aromatic rings. The van der Waals surface area contributed by atoms with Crippen LogP contribution in [0.5, 0.6) is 11.5 Å². The fourth-order valence-electron chi connectivity index (χ4n) is 2.54. The molecule has 0 saturated heterocycles. The molecule has 2 aromatic carbocycles. The van der Waals surface area contributed by atoms with E-state index in [4.69, 9.17) is 9.47 Å². The van der Waals surface area contributed by atoms with Crippen LogP contribution in [0, 0.1) is 6.92 Å². The molecule has 6 heteroatoms. The largest absolute Gasteiger partial charge is 0.497 e. The van der Waals surface area contributed by atoms with Crippen molar-refractivity contribution in [3.05, 3.63) is 59.2 Å². The van der Waals surface area contributed by atoms with Gasteiger partial charge < -0.3 is 20.1 Å². The number of nitrogens with zero attached hydrogens (tertiary/aromatic N) is 1. The first-order chi connectivity index (χ1) is 12.5. The van der Waals surface area contributed by atoms with E-state index in [1.54, 1.807) is 14.2 Å². The quantitative estimate of drug-likeness (QED) is 0.351. The van der Waals surface area contributed by atoms with Crippen molar-refractivity contribution >= 4 is 29.9 Å². The molecular weight excluding hydrogens is 453 g/mol. The van der Waals surface area contributed by atoms with Gasteiger partial charge in [-0.1, -0.05) is 24.3 Å². The summed E-state index contributed by atoms with van der Waals surface area (Å²) in [6.45, 7) is 7.45. The van der Waals surface area contributed by atoms with E-state index in [9.17, 15) is 0 Å². The molecule has 0 fully saturated rings. The number of methoxy groups -OCH3 is 1. The highest BCUT2D eigenvalue weighted by Crippen LogP contribution is 2.21. The van der Waals surface area contributed by atoms with E-state index in [2.05, 4.69) is 46.8 Å². The van der Waals surface area contributed by atoms with Crippen LogP contribution in [0.2, 0.25) is 0 Å². The van der Waals surface area contributed by atoms with Crippen molar-refractivity contribution in [1.29, 1.82) is 0 Å². The van der Waals surface area contributed by atoms with E-state index in [1.165, 1.54) is 5.56 Å². The van der Waals surface area contributed by atoms with Crippen molar-refractivity contribution in [2.45, 2.75) is 40.0 Å². The highest BCUT2D eigenvalue weighted by Gasteiger charge is 2.07. The molecule has 0 aromatic heterocycles. The molecule has 148 valence electrons. The van der Waals surface area contributed by atoms with Crippen LogP contribution in [0.25, 0.3) is 0 Å². The summed E-state index contributed by atoms with van der Waals surface area (Å²) in [6.07, 6.45) is 0.140. The van der Waals surface area contributed by atoms with Gasteiger partial charge in [0.2, 0.25) is 0 Å². The summed E-state index contributed by atoms with van der Waals surface area (Å²) in [5.74, 6) is 2.50. The molecular formula is C21H30IN3O2. The van der Waals surface area contributed by atoms with Crippen LogP contribution < -0.4 is 20.1 Å². The minimum absolute atomic E-state index is 0. The van der Waals surface area contributed by atoms with Crippen LogP contribution in [-0.4, -0.2) is 26.2 Å². The molecule has 2 N–H and O–H groups in total. The maximum absolute atomic E-state index is 5.93. The number of rotatable bonds is 7. The first-order valence-electron chi connectivity index (χ1n) is 8.85. The maximum atomic E-state index is 5.93. The summed E-state index contributed by atoms with van der Waals surface area (Å²) in [5, 5.41) is 6.67. The second kappa shape index (κ2) is 11.7. The van der Waals surface area contributed by atoms with Gasteiger partial charge in [-0.15, -0.1) is 24.0 Å². The van der Waals surface area contributed by atoms with Gasteiger partial charge in [-0.3, -0.25) is 4.99 Å². The maximum Gasteiger partial charge on any atom is 0.191 e. The highest BCUT2D eigenvalue weighted by molar-refractivity contribution is 14.0. The summed E-state index contributed by atoms with van der Waals surface area (Å²) in [7, 11) is 3.44. The lowest BCUT2D eigenvalue weighted by Crippen LogP contribution is -2.36. The molecule has 0 atom stereocenters. The Kier molecular flexibility index (Phi) is 9.99. The van der Waals surface area contributed by atoms with Crippen molar-refractivity contribution in [3.8, 4) is 11.5 Å². The third-order valence-electron chi connectivity index (χ3n) is 3.85. The Balaban J connectivity index is 0.00000364. The molecule has 0 bridgehead atoms. The van der Waals surface area contributed by atoms with Crippen molar-refractivity contribution in [3.63, 3.8) is 0 Å². The van der Waals surface area contributed by atoms with Gasteiger partial charge in [0.25, 0.3) is 0 Å². The predicted molar refractivity (Wildman–Crippen MR) is 122 cm³/mol. The zero-order valence-electron chi connectivity index (χ0n) is 16.7. The Labute approximate surface area is 179 Å². The van der Waals surface area contributed by atoms with Crippen molar-refractivity contribution in [2.75, 3.05) is 14.2 Å². The third kappa shape index (κ3) is 7.66. The van der Waals surface area contributed by atoms with Gasteiger partial charge in [0.05, 0.1) is 13.2 Å². The summed E-state index contributed by atoms with van der Waals surface area (Å²) in [5.41, 5.74) is 3.42. The molecule has 0 aliphatic heterocycles. The number of aliphatic imine (C=N–C) groups is 1. The molecule has 0 aliphatic carbocycles. The number of ether oxygens (including phenoxy) is 2. The van der Waals surface area contributed by atoms with Gasteiger partial charge in [0.1, 0.15) is 11.5 Å². The zero-order valence-corrected chi connectivity index (χ0v) is 19.0. The highest BCUT2D eigenvalue weighted by atomic mass is 127. The molecule has 0 heterocycles. The van der Waals surface area contributed by atoms with Crippen molar-refractivity contribution in [1.82, 2.24) is 10.6 Å². The van der Waals surface area contributed by atoms with Gasteiger partial charge in [-0.2, -0.15) is 0 Å². The van der Waals surface area contributed by atoms with E-state index in [-0.39, 0.29) is 30.1 Å². The number of nitrogens with one attached hydrogen (secondary N) is 2. The predicted octanol–water partition coefficient (Wildman–Crippen LogP) is 4.27. The van der Waals surface area contributed by atoms with Crippen molar-refractivity contribution < 1.29 is 9.47 Å². The molecule has 2 rings (SSSR count). The fourth-order valence-corrected chi connectivity index (χ4v) is 2.54. The summed E-state index contributed by atoms with van der Waals surface area (Å²) in [4.78, 5) is 4.29. The number of guanidine groups is 1. The van der Waals surface area contributed by atoms with E-state index < -0.39 is 0 Å². The second-order valence-corrected chi connectivity index (χ2v) is 6.41. The molecule has 5 nitrogen and oxygen atoms in total. The average molecular weight is 483 g/mol. The Bertz CT molecular complexity index is 748. The van der Waals surface area contributed by atoms with E-state index in [0.29, 0.717) is 13.1 Å². The molecule has 0 aliphatic rings. The minimum atomic E-state index is 0. The van der Waals surface area contributed by atoms with Crippen molar-refractivity contribution in [2.24, 2.45) is 4.99 Å². The molecule has 0 saturated carbocycles. The van der Waals surface area contributed by atoms with Crippen LogP contribution >= 0.6 is 24.0 Å². The van der Waals surface area contributed by atoms with E-state index in [1.807, 2.05) is 32.0 Å². The van der Waals surface area contributed by atoms with Crippen LogP contribution in [0.4, 0.5) is 0 Å². The summed E-state index contributed by atoms with van der Waals surface area (Å²) < 4.78 is 11.2. The fraction of sp³-hybridized carbons (Fsp3) is 0.381. The molecule has 0 unspecified atom stereocenters. The van der Waals surface area contributed by atoms with Gasteiger partial charge in [-0.25, -0.2) is 0 Å². The summed E-state index contributed by atoms with van der Waals surface area (Å²) >= 11 is 0. The first kappa shape index (κ1) is 23.1. The second-order valence-electron chi connectivity index (χ2n) is 6.41. The zero-order chi connectivity index (χ0) is 18.9. The van der Waals surface area contributed by atoms with Gasteiger partial charge >= 0.3 is 0 Å². The summed E-state index contributed by atoms with van der Waals surface area (Å²) in [6, 6.07) is 14.2.